The number of amides is 1. The zero-order valence-corrected chi connectivity index (χ0v) is 17.2. The lowest BCUT2D eigenvalue weighted by Gasteiger charge is -2.32. The Morgan fingerprint density at radius 1 is 1.14 bits per heavy atom. The Hall–Kier alpha value is -2.77. The van der Waals surface area contributed by atoms with Gasteiger partial charge >= 0.3 is 0 Å². The fourth-order valence-electron chi connectivity index (χ4n) is 3.61. The number of likely N-dealkylation sites (tertiary alicyclic amines) is 1. The first-order valence-electron chi connectivity index (χ1n) is 9.77. The van der Waals surface area contributed by atoms with E-state index in [0.717, 1.165) is 55.3 Å². The highest BCUT2D eigenvalue weighted by molar-refractivity contribution is 7.08. The summed E-state index contributed by atoms with van der Waals surface area (Å²) in [5.41, 5.74) is 2.81. The molecule has 0 unspecified atom stereocenters. The Labute approximate surface area is 174 Å². The number of hydrogen-bond donors (Lipinski definition) is 1. The van der Waals surface area contributed by atoms with Gasteiger partial charge in [-0.15, -0.1) is 5.10 Å². The van der Waals surface area contributed by atoms with Crippen LogP contribution in [0.15, 0.2) is 54.6 Å². The van der Waals surface area contributed by atoms with Gasteiger partial charge in [-0.05, 0) is 54.2 Å². The molecule has 0 aliphatic carbocycles. The lowest BCUT2D eigenvalue weighted by Crippen LogP contribution is -2.44. The van der Waals surface area contributed by atoms with Crippen LogP contribution in [0, 0.1) is 0 Å². The lowest BCUT2D eigenvalue weighted by molar-refractivity contribution is 0.0913. The van der Waals surface area contributed by atoms with Gasteiger partial charge in [0.15, 0.2) is 0 Å². The van der Waals surface area contributed by atoms with Crippen LogP contribution in [-0.4, -0.2) is 46.6 Å². The van der Waals surface area contributed by atoms with E-state index in [2.05, 4.69) is 44.1 Å². The second-order valence-corrected chi connectivity index (χ2v) is 7.94. The van der Waals surface area contributed by atoms with Crippen LogP contribution in [0.25, 0.3) is 11.3 Å². The molecule has 1 N–H and O–H groups in total. The predicted molar refractivity (Wildman–Crippen MR) is 114 cm³/mol. The van der Waals surface area contributed by atoms with E-state index in [4.69, 9.17) is 4.74 Å². The average molecular weight is 409 g/mol. The van der Waals surface area contributed by atoms with Crippen molar-refractivity contribution in [3.05, 3.63) is 65.0 Å². The van der Waals surface area contributed by atoms with Gasteiger partial charge in [0.2, 0.25) is 0 Å². The molecule has 1 aliphatic heterocycles. The SMILES string of the molecule is COc1ccc(-c2nnsc2C(=O)NC2CCN(Cc3ccccc3)CC2)cc1. The number of hydrogen-bond acceptors (Lipinski definition) is 6. The molecule has 0 spiro atoms. The first-order valence-corrected chi connectivity index (χ1v) is 10.5. The molecule has 2 heterocycles. The molecule has 1 fully saturated rings. The Morgan fingerprint density at radius 2 is 1.86 bits per heavy atom. The van der Waals surface area contributed by atoms with Crippen molar-refractivity contribution in [2.75, 3.05) is 20.2 Å². The number of carbonyl (C=O) groups is 1. The molecule has 1 aromatic heterocycles. The highest BCUT2D eigenvalue weighted by Gasteiger charge is 2.24. The first-order chi connectivity index (χ1) is 14.2. The molecular weight excluding hydrogens is 384 g/mol. The van der Waals surface area contributed by atoms with Gasteiger partial charge in [0, 0.05) is 31.2 Å². The van der Waals surface area contributed by atoms with Crippen molar-refractivity contribution in [2.24, 2.45) is 0 Å². The molecular formula is C22H24N4O2S. The molecule has 0 saturated carbocycles. The number of aromatic nitrogens is 2. The largest absolute Gasteiger partial charge is 0.497 e. The third kappa shape index (κ3) is 4.81. The molecule has 7 heteroatoms. The van der Waals surface area contributed by atoms with E-state index in [1.165, 1.54) is 5.56 Å². The second kappa shape index (κ2) is 9.15. The number of nitrogens with one attached hydrogen (secondary N) is 1. The monoisotopic (exact) mass is 408 g/mol. The molecule has 2 aromatic carbocycles. The van der Waals surface area contributed by atoms with Crippen molar-refractivity contribution < 1.29 is 9.53 Å². The van der Waals surface area contributed by atoms with Crippen molar-refractivity contribution in [1.82, 2.24) is 19.8 Å². The van der Waals surface area contributed by atoms with Crippen molar-refractivity contribution in [3.63, 3.8) is 0 Å². The number of nitrogens with zero attached hydrogens (tertiary/aromatic N) is 3. The van der Waals surface area contributed by atoms with Crippen molar-refractivity contribution in [1.29, 1.82) is 0 Å². The maximum absolute atomic E-state index is 12.8. The summed E-state index contributed by atoms with van der Waals surface area (Å²) in [5.74, 6) is 0.678. The van der Waals surface area contributed by atoms with Crippen molar-refractivity contribution in [2.45, 2.75) is 25.4 Å². The third-order valence-electron chi connectivity index (χ3n) is 5.23. The van der Waals surface area contributed by atoms with Gasteiger partial charge in [0.25, 0.3) is 5.91 Å². The number of ether oxygens (including phenoxy) is 1. The van der Waals surface area contributed by atoms with E-state index in [1.807, 2.05) is 30.3 Å². The van der Waals surface area contributed by atoms with Crippen LogP contribution in [0.2, 0.25) is 0 Å². The molecule has 0 atom stereocenters. The van der Waals surface area contributed by atoms with Crippen LogP contribution in [-0.2, 0) is 6.54 Å². The number of benzene rings is 2. The van der Waals surface area contributed by atoms with Crippen LogP contribution in [0.1, 0.15) is 28.1 Å². The second-order valence-electron chi connectivity index (χ2n) is 7.19. The summed E-state index contributed by atoms with van der Waals surface area (Å²) in [6.45, 7) is 2.92. The van der Waals surface area contributed by atoms with Gasteiger partial charge in [0.1, 0.15) is 16.3 Å². The van der Waals surface area contributed by atoms with Gasteiger partial charge in [-0.1, -0.05) is 34.8 Å². The van der Waals surface area contributed by atoms with E-state index < -0.39 is 0 Å². The standard InChI is InChI=1S/C22H24N4O2S/c1-28-19-9-7-17(8-10-19)20-21(29-25-24-20)22(27)23-18-11-13-26(14-12-18)15-16-5-3-2-4-6-16/h2-10,18H,11-15H2,1H3,(H,23,27). The molecule has 1 saturated heterocycles. The van der Waals surface area contributed by atoms with Crippen LogP contribution in [0.4, 0.5) is 0 Å². The minimum absolute atomic E-state index is 0.0904. The van der Waals surface area contributed by atoms with Gasteiger partial charge in [-0.2, -0.15) is 0 Å². The van der Waals surface area contributed by atoms with Gasteiger partial charge in [-0.3, -0.25) is 9.69 Å². The van der Waals surface area contributed by atoms with E-state index in [9.17, 15) is 4.79 Å². The predicted octanol–water partition coefficient (Wildman–Crippen LogP) is 3.61. The van der Waals surface area contributed by atoms with Crippen LogP contribution < -0.4 is 10.1 Å². The Balaban J connectivity index is 1.34. The van der Waals surface area contributed by atoms with E-state index in [-0.39, 0.29) is 11.9 Å². The highest BCUT2D eigenvalue weighted by atomic mass is 32.1. The number of rotatable bonds is 6. The summed E-state index contributed by atoms with van der Waals surface area (Å²) in [6, 6.07) is 18.2. The van der Waals surface area contributed by atoms with Gasteiger partial charge < -0.3 is 10.1 Å². The molecule has 150 valence electrons. The van der Waals surface area contributed by atoms with Crippen LogP contribution in [0.5, 0.6) is 5.75 Å². The minimum Gasteiger partial charge on any atom is -0.497 e. The lowest BCUT2D eigenvalue weighted by atomic mass is 10.0. The van der Waals surface area contributed by atoms with E-state index in [1.54, 1.807) is 7.11 Å². The zero-order valence-electron chi connectivity index (χ0n) is 16.4. The molecule has 0 radical (unpaired) electrons. The Bertz CT molecular complexity index is 935. The number of methoxy groups -OCH3 is 1. The number of carbonyl (C=O) groups excluding carboxylic acids is 1. The molecule has 3 aromatic rings. The first kappa shape index (κ1) is 19.5. The summed E-state index contributed by atoms with van der Waals surface area (Å²) in [6.07, 6.45) is 1.89. The normalized spacial score (nSPS) is 15.2. The van der Waals surface area contributed by atoms with Crippen molar-refractivity contribution in [3.8, 4) is 17.0 Å². The van der Waals surface area contributed by atoms with Gasteiger partial charge in [-0.25, -0.2) is 0 Å². The average Bonchev–Trinajstić information content (AvgIpc) is 3.26. The molecule has 1 amide bonds. The summed E-state index contributed by atoms with van der Waals surface area (Å²) in [4.78, 5) is 15.8. The zero-order chi connectivity index (χ0) is 20.1. The van der Waals surface area contributed by atoms with E-state index >= 15 is 0 Å². The topological polar surface area (TPSA) is 67.3 Å². The fraction of sp³-hybridized carbons (Fsp3) is 0.318. The minimum atomic E-state index is -0.0904. The van der Waals surface area contributed by atoms with Gasteiger partial charge in [0.05, 0.1) is 7.11 Å². The maximum atomic E-state index is 12.8. The van der Waals surface area contributed by atoms with E-state index in [0.29, 0.717) is 10.6 Å². The quantitative estimate of drug-likeness (QED) is 0.675. The molecule has 29 heavy (non-hydrogen) atoms. The third-order valence-corrected chi connectivity index (χ3v) is 5.95. The summed E-state index contributed by atoms with van der Waals surface area (Å²) < 4.78 is 9.20. The molecule has 6 nitrogen and oxygen atoms in total. The molecule has 0 bridgehead atoms. The summed E-state index contributed by atoms with van der Waals surface area (Å²) in [5, 5.41) is 7.35. The summed E-state index contributed by atoms with van der Waals surface area (Å²) in [7, 11) is 1.63. The molecule has 1 aliphatic rings. The van der Waals surface area contributed by atoms with Crippen LogP contribution in [0.3, 0.4) is 0 Å². The summed E-state index contributed by atoms with van der Waals surface area (Å²) >= 11 is 1.14. The highest BCUT2D eigenvalue weighted by Crippen LogP contribution is 2.26. The fourth-order valence-corrected chi connectivity index (χ4v) is 4.20. The van der Waals surface area contributed by atoms with Crippen molar-refractivity contribution >= 4 is 17.4 Å². The Morgan fingerprint density at radius 3 is 2.55 bits per heavy atom. The van der Waals surface area contributed by atoms with Crippen LogP contribution >= 0.6 is 11.5 Å². The molecule has 4 rings (SSSR count). The Kier molecular flexibility index (Phi) is 6.17. The number of piperidine rings is 1. The smallest absolute Gasteiger partial charge is 0.265 e. The maximum Gasteiger partial charge on any atom is 0.265 e.